The van der Waals surface area contributed by atoms with Gasteiger partial charge in [-0.05, 0) is 30.7 Å². The average Bonchev–Trinajstić information content (AvgIpc) is 2.95. The molecule has 5 nitrogen and oxygen atoms in total. The number of hydrogen-bond acceptors (Lipinski definition) is 3. The fourth-order valence-corrected chi connectivity index (χ4v) is 2.84. The minimum Gasteiger partial charge on any atom is -0.300 e. The second-order valence-corrected chi connectivity index (χ2v) is 5.29. The van der Waals surface area contributed by atoms with Crippen LogP contribution in [0, 0.1) is 6.92 Å². The van der Waals surface area contributed by atoms with E-state index >= 15 is 0 Å². The van der Waals surface area contributed by atoms with E-state index in [1.807, 2.05) is 47.7 Å². The fourth-order valence-electron chi connectivity index (χ4n) is 2.84. The van der Waals surface area contributed by atoms with E-state index in [1.54, 1.807) is 23.3 Å². The Morgan fingerprint density at radius 1 is 1.09 bits per heavy atom. The van der Waals surface area contributed by atoms with Crippen molar-refractivity contribution in [2.24, 2.45) is 0 Å². The van der Waals surface area contributed by atoms with Gasteiger partial charge in [0.15, 0.2) is 0 Å². The molecular formula is C17H14N4O. The first-order valence-corrected chi connectivity index (χ1v) is 7.10. The van der Waals surface area contributed by atoms with E-state index in [0.29, 0.717) is 12.1 Å². The molecule has 0 saturated heterocycles. The summed E-state index contributed by atoms with van der Waals surface area (Å²) in [6.07, 6.45) is 5.23. The first-order valence-electron chi connectivity index (χ1n) is 7.10. The van der Waals surface area contributed by atoms with Crippen molar-refractivity contribution < 1.29 is 0 Å². The van der Waals surface area contributed by atoms with Crippen LogP contribution in [0.15, 0.2) is 59.9 Å². The zero-order valence-electron chi connectivity index (χ0n) is 12.1. The molecule has 0 aliphatic rings. The van der Waals surface area contributed by atoms with Crippen LogP contribution in [-0.2, 0) is 6.54 Å². The van der Waals surface area contributed by atoms with Crippen molar-refractivity contribution in [3.63, 3.8) is 0 Å². The Balaban J connectivity index is 2.09. The van der Waals surface area contributed by atoms with E-state index in [2.05, 4.69) is 9.97 Å². The molecule has 0 bridgehead atoms. The summed E-state index contributed by atoms with van der Waals surface area (Å²) in [4.78, 5) is 21.3. The molecule has 0 unspecified atom stereocenters. The Morgan fingerprint density at radius 2 is 1.91 bits per heavy atom. The summed E-state index contributed by atoms with van der Waals surface area (Å²) < 4.78 is 3.66. The predicted octanol–water partition coefficient (Wildman–Crippen LogP) is 2.40. The molecule has 0 saturated carbocycles. The summed E-state index contributed by atoms with van der Waals surface area (Å²) in [5, 5.41) is 0. The maximum atomic E-state index is 12.9. The molecule has 0 spiro atoms. The highest BCUT2D eigenvalue weighted by Gasteiger charge is 2.13. The second kappa shape index (κ2) is 4.80. The minimum absolute atomic E-state index is 0.0300. The molecule has 22 heavy (non-hydrogen) atoms. The topological polar surface area (TPSA) is 52.2 Å². The fraction of sp³-hybridized carbons (Fsp3) is 0.118. The summed E-state index contributed by atoms with van der Waals surface area (Å²) >= 11 is 0. The standard InChI is InChI=1S/C17H14N4O/c1-12-16-17(22)20(10-13-5-4-8-18-9-13)14-6-2-3-7-15(14)21(16)11-19-12/h2-9,11H,10H2,1H3. The average molecular weight is 290 g/mol. The Hall–Kier alpha value is -2.95. The van der Waals surface area contributed by atoms with E-state index in [9.17, 15) is 4.79 Å². The molecule has 0 fully saturated rings. The molecule has 0 aliphatic carbocycles. The highest BCUT2D eigenvalue weighted by atomic mass is 16.1. The Kier molecular flexibility index (Phi) is 2.79. The molecule has 108 valence electrons. The molecule has 3 heterocycles. The van der Waals surface area contributed by atoms with Gasteiger partial charge in [-0.3, -0.25) is 14.2 Å². The third kappa shape index (κ3) is 1.83. The van der Waals surface area contributed by atoms with Gasteiger partial charge in [0.2, 0.25) is 0 Å². The number of benzene rings is 1. The molecule has 0 N–H and O–H groups in total. The molecule has 5 heteroatoms. The Labute approximate surface area is 126 Å². The molecule has 1 aromatic carbocycles. The zero-order chi connectivity index (χ0) is 15.1. The van der Waals surface area contributed by atoms with Crippen molar-refractivity contribution in [2.75, 3.05) is 0 Å². The molecule has 0 radical (unpaired) electrons. The van der Waals surface area contributed by atoms with E-state index in [4.69, 9.17) is 0 Å². The van der Waals surface area contributed by atoms with Gasteiger partial charge in [-0.15, -0.1) is 0 Å². The highest BCUT2D eigenvalue weighted by molar-refractivity contribution is 5.79. The van der Waals surface area contributed by atoms with Crippen LogP contribution in [0.4, 0.5) is 0 Å². The molecule has 3 aromatic heterocycles. The monoisotopic (exact) mass is 290 g/mol. The summed E-state index contributed by atoms with van der Waals surface area (Å²) in [5.74, 6) is 0. The van der Waals surface area contributed by atoms with Crippen LogP contribution >= 0.6 is 0 Å². The van der Waals surface area contributed by atoms with Crippen LogP contribution in [-0.4, -0.2) is 18.9 Å². The SMILES string of the molecule is Cc1ncn2c1c(=O)n(Cc1cccnc1)c1ccccc12. The molecular weight excluding hydrogens is 276 g/mol. The van der Waals surface area contributed by atoms with Gasteiger partial charge in [0.05, 0.1) is 23.3 Å². The van der Waals surface area contributed by atoms with Crippen LogP contribution in [0.5, 0.6) is 0 Å². The summed E-state index contributed by atoms with van der Waals surface area (Å²) in [7, 11) is 0. The van der Waals surface area contributed by atoms with Crippen molar-refractivity contribution in [3.8, 4) is 0 Å². The highest BCUT2D eigenvalue weighted by Crippen LogP contribution is 2.17. The number of para-hydroxylation sites is 2. The number of nitrogens with zero attached hydrogens (tertiary/aromatic N) is 4. The van der Waals surface area contributed by atoms with Crippen molar-refractivity contribution in [1.29, 1.82) is 0 Å². The van der Waals surface area contributed by atoms with Gasteiger partial charge in [-0.25, -0.2) is 4.98 Å². The van der Waals surface area contributed by atoms with Gasteiger partial charge < -0.3 is 4.57 Å². The smallest absolute Gasteiger partial charge is 0.277 e. The summed E-state index contributed by atoms with van der Waals surface area (Å²) in [5.41, 5.74) is 4.20. The van der Waals surface area contributed by atoms with Gasteiger partial charge in [0.1, 0.15) is 11.8 Å². The normalized spacial score (nSPS) is 11.3. The van der Waals surface area contributed by atoms with Gasteiger partial charge in [0, 0.05) is 12.4 Å². The summed E-state index contributed by atoms with van der Waals surface area (Å²) in [6.45, 7) is 2.36. The minimum atomic E-state index is -0.0300. The molecule has 0 amide bonds. The number of fused-ring (bicyclic) bond motifs is 3. The van der Waals surface area contributed by atoms with Crippen LogP contribution in [0.2, 0.25) is 0 Å². The van der Waals surface area contributed by atoms with Crippen molar-refractivity contribution >= 4 is 16.6 Å². The quantitative estimate of drug-likeness (QED) is 0.569. The van der Waals surface area contributed by atoms with Crippen molar-refractivity contribution in [1.82, 2.24) is 18.9 Å². The van der Waals surface area contributed by atoms with Crippen LogP contribution in [0.3, 0.4) is 0 Å². The Morgan fingerprint density at radius 3 is 2.68 bits per heavy atom. The third-order valence-electron chi connectivity index (χ3n) is 3.89. The number of pyridine rings is 1. The van der Waals surface area contributed by atoms with Crippen molar-refractivity contribution in [3.05, 3.63) is 76.7 Å². The van der Waals surface area contributed by atoms with Crippen LogP contribution < -0.4 is 5.56 Å². The predicted molar refractivity (Wildman–Crippen MR) is 85.0 cm³/mol. The number of hydrogen-bond donors (Lipinski definition) is 0. The molecule has 4 rings (SSSR count). The lowest BCUT2D eigenvalue weighted by Gasteiger charge is -2.12. The van der Waals surface area contributed by atoms with Crippen LogP contribution in [0.1, 0.15) is 11.3 Å². The van der Waals surface area contributed by atoms with E-state index in [0.717, 1.165) is 22.3 Å². The van der Waals surface area contributed by atoms with Gasteiger partial charge >= 0.3 is 0 Å². The second-order valence-electron chi connectivity index (χ2n) is 5.29. The van der Waals surface area contributed by atoms with Crippen LogP contribution in [0.25, 0.3) is 16.6 Å². The number of imidazole rings is 1. The lowest BCUT2D eigenvalue weighted by molar-refractivity contribution is 0.789. The number of aryl methyl sites for hydroxylation is 1. The zero-order valence-corrected chi connectivity index (χ0v) is 12.1. The molecule has 0 aliphatic heterocycles. The van der Waals surface area contributed by atoms with Gasteiger partial charge in [-0.1, -0.05) is 18.2 Å². The maximum Gasteiger partial charge on any atom is 0.277 e. The molecule has 4 aromatic rings. The van der Waals surface area contributed by atoms with Gasteiger partial charge in [-0.2, -0.15) is 0 Å². The lowest BCUT2D eigenvalue weighted by atomic mass is 10.2. The first-order chi connectivity index (χ1) is 10.8. The summed E-state index contributed by atoms with van der Waals surface area (Å²) in [6, 6.07) is 11.7. The lowest BCUT2D eigenvalue weighted by Crippen LogP contribution is -2.23. The van der Waals surface area contributed by atoms with Crippen molar-refractivity contribution in [2.45, 2.75) is 13.5 Å². The maximum absolute atomic E-state index is 12.9. The Bertz CT molecular complexity index is 1030. The third-order valence-corrected chi connectivity index (χ3v) is 3.89. The largest absolute Gasteiger partial charge is 0.300 e. The van der Waals surface area contributed by atoms with E-state index < -0.39 is 0 Å². The number of aromatic nitrogens is 4. The van der Waals surface area contributed by atoms with Gasteiger partial charge in [0.25, 0.3) is 5.56 Å². The first kappa shape index (κ1) is 12.8. The van der Waals surface area contributed by atoms with E-state index in [-0.39, 0.29) is 5.56 Å². The van der Waals surface area contributed by atoms with E-state index in [1.165, 1.54) is 0 Å². The number of rotatable bonds is 2. The molecule has 0 atom stereocenters.